The van der Waals surface area contributed by atoms with Crippen LogP contribution in [0.5, 0.6) is 5.75 Å². The SMILES string of the molecule is CCOC(=O)c1ccc(C)c(NC(=O)C(CC)Oc2ccc(N(C)S(C)(=O)=O)cc2)c1. The second-order valence-electron chi connectivity index (χ2n) is 6.98. The Labute approximate surface area is 183 Å². The van der Waals surface area contributed by atoms with Gasteiger partial charge in [0.25, 0.3) is 5.91 Å². The molecule has 0 heterocycles. The van der Waals surface area contributed by atoms with Crippen LogP contribution in [-0.2, 0) is 19.6 Å². The van der Waals surface area contributed by atoms with Crippen molar-refractivity contribution < 1.29 is 27.5 Å². The molecule has 2 aromatic rings. The van der Waals surface area contributed by atoms with Crippen LogP contribution in [0.1, 0.15) is 36.2 Å². The Morgan fingerprint density at radius 2 is 1.74 bits per heavy atom. The highest BCUT2D eigenvalue weighted by Gasteiger charge is 2.20. The van der Waals surface area contributed by atoms with Crippen LogP contribution < -0.4 is 14.4 Å². The first-order valence-electron chi connectivity index (χ1n) is 9.86. The first kappa shape index (κ1) is 24.2. The Kier molecular flexibility index (Phi) is 8.04. The molecule has 1 atom stereocenters. The molecule has 168 valence electrons. The van der Waals surface area contributed by atoms with E-state index in [1.54, 1.807) is 49.4 Å². The van der Waals surface area contributed by atoms with Crippen LogP contribution >= 0.6 is 0 Å². The number of nitrogens with zero attached hydrogens (tertiary/aromatic N) is 1. The number of carbonyl (C=O) groups excluding carboxylic acids is 2. The Morgan fingerprint density at radius 1 is 1.10 bits per heavy atom. The minimum atomic E-state index is -3.37. The Morgan fingerprint density at radius 3 is 2.29 bits per heavy atom. The van der Waals surface area contributed by atoms with Crippen molar-refractivity contribution in [1.29, 1.82) is 0 Å². The quantitative estimate of drug-likeness (QED) is 0.590. The normalized spacial score (nSPS) is 12.0. The van der Waals surface area contributed by atoms with Crippen molar-refractivity contribution in [2.24, 2.45) is 0 Å². The van der Waals surface area contributed by atoms with E-state index in [1.165, 1.54) is 7.05 Å². The van der Waals surface area contributed by atoms with Crippen LogP contribution in [0, 0.1) is 6.92 Å². The van der Waals surface area contributed by atoms with E-state index in [9.17, 15) is 18.0 Å². The number of hydrogen-bond acceptors (Lipinski definition) is 6. The summed E-state index contributed by atoms with van der Waals surface area (Å²) in [5.74, 6) is -0.381. The Bertz CT molecular complexity index is 1030. The van der Waals surface area contributed by atoms with Gasteiger partial charge < -0.3 is 14.8 Å². The van der Waals surface area contributed by atoms with Gasteiger partial charge in [-0.2, -0.15) is 0 Å². The van der Waals surface area contributed by atoms with Crippen molar-refractivity contribution in [3.63, 3.8) is 0 Å². The number of esters is 1. The third-order valence-corrected chi connectivity index (χ3v) is 5.85. The number of amides is 1. The average Bonchev–Trinajstić information content (AvgIpc) is 2.72. The zero-order valence-corrected chi connectivity index (χ0v) is 19.2. The molecule has 2 rings (SSSR count). The van der Waals surface area contributed by atoms with Gasteiger partial charge in [0.05, 0.1) is 24.1 Å². The molecule has 0 aliphatic heterocycles. The zero-order chi connectivity index (χ0) is 23.2. The molecule has 0 radical (unpaired) electrons. The highest BCUT2D eigenvalue weighted by molar-refractivity contribution is 7.92. The highest BCUT2D eigenvalue weighted by Crippen LogP contribution is 2.23. The van der Waals surface area contributed by atoms with Gasteiger partial charge in [0, 0.05) is 12.7 Å². The fourth-order valence-electron chi connectivity index (χ4n) is 2.72. The Hall–Kier alpha value is -3.07. The predicted octanol–water partition coefficient (Wildman–Crippen LogP) is 3.36. The molecule has 0 aliphatic carbocycles. The number of benzene rings is 2. The molecule has 0 saturated heterocycles. The molecule has 0 fully saturated rings. The van der Waals surface area contributed by atoms with Crippen LogP contribution in [0.15, 0.2) is 42.5 Å². The minimum absolute atomic E-state index is 0.263. The summed E-state index contributed by atoms with van der Waals surface area (Å²) >= 11 is 0. The van der Waals surface area contributed by atoms with Gasteiger partial charge in [0.2, 0.25) is 10.0 Å². The van der Waals surface area contributed by atoms with Gasteiger partial charge >= 0.3 is 5.97 Å². The number of sulfonamides is 1. The van der Waals surface area contributed by atoms with Gasteiger partial charge in [-0.15, -0.1) is 0 Å². The summed E-state index contributed by atoms with van der Waals surface area (Å²) in [6.45, 7) is 5.63. The molecule has 1 amide bonds. The van der Waals surface area contributed by atoms with E-state index in [-0.39, 0.29) is 12.5 Å². The molecule has 0 aromatic heterocycles. The lowest BCUT2D eigenvalue weighted by Gasteiger charge is -2.20. The topological polar surface area (TPSA) is 102 Å². The maximum atomic E-state index is 12.8. The fraction of sp³-hybridized carbons (Fsp3) is 0.364. The highest BCUT2D eigenvalue weighted by atomic mass is 32.2. The monoisotopic (exact) mass is 448 g/mol. The van der Waals surface area contributed by atoms with Crippen LogP contribution in [0.3, 0.4) is 0 Å². The molecule has 0 bridgehead atoms. The molecule has 0 aliphatic rings. The second-order valence-corrected chi connectivity index (χ2v) is 8.99. The van der Waals surface area contributed by atoms with Crippen LogP contribution in [0.4, 0.5) is 11.4 Å². The number of carbonyl (C=O) groups is 2. The third kappa shape index (κ3) is 6.45. The van der Waals surface area contributed by atoms with E-state index in [0.29, 0.717) is 29.1 Å². The number of anilines is 2. The van der Waals surface area contributed by atoms with Gasteiger partial charge in [-0.05, 0) is 62.2 Å². The molecule has 0 saturated carbocycles. The van der Waals surface area contributed by atoms with E-state index in [2.05, 4.69) is 5.32 Å². The number of rotatable bonds is 9. The molecule has 31 heavy (non-hydrogen) atoms. The molecule has 2 aromatic carbocycles. The van der Waals surface area contributed by atoms with Crippen molar-refractivity contribution in [2.75, 3.05) is 29.5 Å². The molecule has 9 heteroatoms. The number of ether oxygens (including phenoxy) is 2. The van der Waals surface area contributed by atoms with Crippen LogP contribution in [0.2, 0.25) is 0 Å². The number of nitrogens with one attached hydrogen (secondary N) is 1. The largest absolute Gasteiger partial charge is 0.481 e. The lowest BCUT2D eigenvalue weighted by Crippen LogP contribution is -2.32. The maximum absolute atomic E-state index is 12.8. The first-order valence-corrected chi connectivity index (χ1v) is 11.7. The summed E-state index contributed by atoms with van der Waals surface area (Å²) in [6, 6.07) is 11.4. The summed E-state index contributed by atoms with van der Waals surface area (Å²) in [6.07, 6.45) is 0.755. The average molecular weight is 449 g/mol. The van der Waals surface area contributed by atoms with Gasteiger partial charge in [-0.3, -0.25) is 9.10 Å². The minimum Gasteiger partial charge on any atom is -0.481 e. The molecule has 1 unspecified atom stereocenters. The lowest BCUT2D eigenvalue weighted by molar-refractivity contribution is -0.122. The van der Waals surface area contributed by atoms with Gasteiger partial charge in [0.1, 0.15) is 5.75 Å². The summed E-state index contributed by atoms with van der Waals surface area (Å²) in [4.78, 5) is 24.7. The summed E-state index contributed by atoms with van der Waals surface area (Å²) in [5.41, 5.74) is 2.13. The molecular formula is C22H28N2O6S. The van der Waals surface area contributed by atoms with Gasteiger partial charge in [-0.25, -0.2) is 13.2 Å². The number of hydrogen-bond donors (Lipinski definition) is 1. The van der Waals surface area contributed by atoms with E-state index >= 15 is 0 Å². The fourth-order valence-corrected chi connectivity index (χ4v) is 3.23. The van der Waals surface area contributed by atoms with Gasteiger partial charge in [0.15, 0.2) is 6.10 Å². The lowest BCUT2D eigenvalue weighted by atomic mass is 10.1. The standard InChI is InChI=1S/C22H28N2O6S/c1-6-20(30-18-12-10-17(11-13-18)24(4)31(5,27)28)21(25)23-19-14-16(9-8-15(19)3)22(26)29-7-2/h8-14,20H,6-7H2,1-5H3,(H,23,25). The van der Waals surface area contributed by atoms with Crippen LogP contribution in [0.25, 0.3) is 0 Å². The summed E-state index contributed by atoms with van der Waals surface area (Å²) in [7, 11) is -1.91. The predicted molar refractivity (Wildman–Crippen MR) is 120 cm³/mol. The molecule has 0 spiro atoms. The van der Waals surface area contributed by atoms with Crippen LogP contribution in [-0.4, -0.2) is 46.3 Å². The number of aryl methyl sites for hydroxylation is 1. The summed E-state index contributed by atoms with van der Waals surface area (Å²) in [5, 5.41) is 2.81. The zero-order valence-electron chi connectivity index (χ0n) is 18.3. The van der Waals surface area contributed by atoms with Crippen molar-refractivity contribution in [3.8, 4) is 5.75 Å². The third-order valence-electron chi connectivity index (χ3n) is 4.65. The first-order chi connectivity index (χ1) is 14.6. The molecule has 1 N–H and O–H groups in total. The van der Waals surface area contributed by atoms with Crippen molar-refractivity contribution in [1.82, 2.24) is 0 Å². The Balaban J connectivity index is 2.12. The second kappa shape index (κ2) is 10.3. The van der Waals surface area contributed by atoms with Crippen molar-refractivity contribution in [2.45, 2.75) is 33.3 Å². The van der Waals surface area contributed by atoms with E-state index in [4.69, 9.17) is 9.47 Å². The molecule has 8 nitrogen and oxygen atoms in total. The van der Waals surface area contributed by atoms with Gasteiger partial charge in [-0.1, -0.05) is 13.0 Å². The van der Waals surface area contributed by atoms with Crippen molar-refractivity contribution in [3.05, 3.63) is 53.6 Å². The maximum Gasteiger partial charge on any atom is 0.338 e. The van der Waals surface area contributed by atoms with E-state index < -0.39 is 22.1 Å². The smallest absolute Gasteiger partial charge is 0.338 e. The molecular weight excluding hydrogens is 420 g/mol. The van der Waals surface area contributed by atoms with E-state index in [1.807, 2.05) is 13.8 Å². The van der Waals surface area contributed by atoms with Crippen molar-refractivity contribution >= 4 is 33.3 Å². The summed E-state index contributed by atoms with van der Waals surface area (Å²) < 4.78 is 35.3. The van der Waals surface area contributed by atoms with E-state index in [0.717, 1.165) is 16.1 Å².